The lowest BCUT2D eigenvalue weighted by Gasteiger charge is -2.17. The van der Waals surface area contributed by atoms with Crippen LogP contribution in [0.2, 0.25) is 0 Å². The third-order valence-electron chi connectivity index (χ3n) is 3.12. The summed E-state index contributed by atoms with van der Waals surface area (Å²) in [6.45, 7) is 0.893. The summed E-state index contributed by atoms with van der Waals surface area (Å²) in [5.74, 6) is -4.87. The number of nitrogens with one attached hydrogen (secondary N) is 3. The molecule has 0 aliphatic carbocycles. The summed E-state index contributed by atoms with van der Waals surface area (Å²) in [6.07, 6.45) is 0.927. The molecule has 11 heteroatoms. The number of hydrogen-bond donors (Lipinski definition) is 6. The standard InChI is InChI=1S/C14H24N4O7/c1-2-3-4-8(14(24)25)17-11(20)7-16-13(23)9(5-12(21)22)18-10(19)6-15/h8-9H,2-7,15H2,1H3,(H,16,23)(H,17,20)(H,18,19)(H,21,22)(H,24,25)/t8-,9-/m0/s1. The van der Waals surface area contributed by atoms with Gasteiger partial charge in [-0.1, -0.05) is 19.8 Å². The fourth-order valence-corrected chi connectivity index (χ4v) is 1.84. The van der Waals surface area contributed by atoms with Crippen molar-refractivity contribution < 1.29 is 34.2 Å². The summed E-state index contributed by atoms with van der Waals surface area (Å²) >= 11 is 0. The Morgan fingerprint density at radius 1 is 1.00 bits per heavy atom. The zero-order valence-electron chi connectivity index (χ0n) is 13.9. The Morgan fingerprint density at radius 3 is 2.08 bits per heavy atom. The highest BCUT2D eigenvalue weighted by atomic mass is 16.4. The highest BCUT2D eigenvalue weighted by Crippen LogP contribution is 2.00. The van der Waals surface area contributed by atoms with Crippen molar-refractivity contribution >= 4 is 29.7 Å². The number of unbranched alkanes of at least 4 members (excludes halogenated alkanes) is 1. The van der Waals surface area contributed by atoms with E-state index in [1.54, 1.807) is 0 Å². The lowest BCUT2D eigenvalue weighted by atomic mass is 10.1. The molecule has 2 atom stereocenters. The number of carbonyl (C=O) groups is 5. The summed E-state index contributed by atoms with van der Waals surface area (Å²) in [6, 6.07) is -2.46. The highest BCUT2D eigenvalue weighted by Gasteiger charge is 2.24. The van der Waals surface area contributed by atoms with E-state index in [1.807, 2.05) is 6.92 Å². The van der Waals surface area contributed by atoms with Crippen LogP contribution in [0, 0.1) is 0 Å². The topological polar surface area (TPSA) is 188 Å². The second kappa shape index (κ2) is 11.8. The summed E-state index contributed by atoms with van der Waals surface area (Å²) < 4.78 is 0. The molecule has 142 valence electrons. The first-order valence-corrected chi connectivity index (χ1v) is 7.72. The van der Waals surface area contributed by atoms with Crippen LogP contribution in [0.3, 0.4) is 0 Å². The van der Waals surface area contributed by atoms with E-state index >= 15 is 0 Å². The predicted octanol–water partition coefficient (Wildman–Crippen LogP) is -2.22. The van der Waals surface area contributed by atoms with Crippen LogP contribution < -0.4 is 21.7 Å². The van der Waals surface area contributed by atoms with Gasteiger partial charge in [-0.05, 0) is 6.42 Å². The number of rotatable bonds is 12. The van der Waals surface area contributed by atoms with Crippen molar-refractivity contribution in [3.63, 3.8) is 0 Å². The minimum atomic E-state index is -1.39. The summed E-state index contributed by atoms with van der Waals surface area (Å²) in [4.78, 5) is 56.6. The molecule has 25 heavy (non-hydrogen) atoms. The Labute approximate surface area is 144 Å². The molecule has 0 fully saturated rings. The lowest BCUT2D eigenvalue weighted by molar-refractivity contribution is -0.142. The van der Waals surface area contributed by atoms with E-state index in [2.05, 4.69) is 16.0 Å². The molecular formula is C14H24N4O7. The van der Waals surface area contributed by atoms with Gasteiger partial charge in [0.2, 0.25) is 17.7 Å². The molecule has 0 bridgehead atoms. The van der Waals surface area contributed by atoms with Crippen LogP contribution >= 0.6 is 0 Å². The van der Waals surface area contributed by atoms with Gasteiger partial charge >= 0.3 is 11.9 Å². The Balaban J connectivity index is 4.59. The fraction of sp³-hybridized carbons (Fsp3) is 0.643. The van der Waals surface area contributed by atoms with Gasteiger partial charge in [0.25, 0.3) is 0 Å². The van der Waals surface area contributed by atoms with Crippen molar-refractivity contribution in [1.82, 2.24) is 16.0 Å². The first-order valence-electron chi connectivity index (χ1n) is 7.72. The van der Waals surface area contributed by atoms with Crippen LogP contribution in [-0.2, 0) is 24.0 Å². The van der Waals surface area contributed by atoms with Crippen LogP contribution in [0.15, 0.2) is 0 Å². The molecule has 7 N–H and O–H groups in total. The van der Waals surface area contributed by atoms with Gasteiger partial charge in [0.15, 0.2) is 0 Å². The minimum Gasteiger partial charge on any atom is -0.481 e. The second-order valence-corrected chi connectivity index (χ2v) is 5.24. The predicted molar refractivity (Wildman–Crippen MR) is 85.3 cm³/mol. The van der Waals surface area contributed by atoms with E-state index in [1.165, 1.54) is 0 Å². The monoisotopic (exact) mass is 360 g/mol. The van der Waals surface area contributed by atoms with Crippen LogP contribution in [0.4, 0.5) is 0 Å². The molecule has 0 spiro atoms. The average Bonchev–Trinajstić information content (AvgIpc) is 2.54. The molecule has 0 unspecified atom stereocenters. The molecule has 0 aromatic heterocycles. The first-order chi connectivity index (χ1) is 11.7. The molecule has 11 nitrogen and oxygen atoms in total. The average molecular weight is 360 g/mol. The van der Waals surface area contributed by atoms with E-state index in [0.717, 1.165) is 6.42 Å². The van der Waals surface area contributed by atoms with Gasteiger partial charge in [-0.25, -0.2) is 4.79 Å². The fourth-order valence-electron chi connectivity index (χ4n) is 1.84. The van der Waals surface area contributed by atoms with E-state index < -0.39 is 61.3 Å². The Bertz CT molecular complexity index is 509. The van der Waals surface area contributed by atoms with E-state index in [0.29, 0.717) is 6.42 Å². The SMILES string of the molecule is CCCC[C@H](NC(=O)CNC(=O)[C@H](CC(=O)O)NC(=O)CN)C(=O)O. The highest BCUT2D eigenvalue weighted by molar-refractivity contribution is 5.93. The second-order valence-electron chi connectivity index (χ2n) is 5.24. The van der Waals surface area contributed by atoms with Crippen molar-refractivity contribution in [2.45, 2.75) is 44.7 Å². The molecule has 0 saturated carbocycles. The van der Waals surface area contributed by atoms with Gasteiger partial charge < -0.3 is 31.9 Å². The maximum absolute atomic E-state index is 11.9. The van der Waals surface area contributed by atoms with Crippen LogP contribution in [0.1, 0.15) is 32.6 Å². The van der Waals surface area contributed by atoms with Crippen molar-refractivity contribution in [3.05, 3.63) is 0 Å². The van der Waals surface area contributed by atoms with E-state index in [9.17, 15) is 24.0 Å². The summed E-state index contributed by atoms with van der Waals surface area (Å²) in [7, 11) is 0. The smallest absolute Gasteiger partial charge is 0.326 e. The molecular weight excluding hydrogens is 336 g/mol. The number of nitrogens with two attached hydrogens (primary N) is 1. The number of amides is 3. The molecule has 0 aromatic carbocycles. The molecule has 0 aliphatic heterocycles. The first kappa shape index (κ1) is 22.3. The Hall–Kier alpha value is -2.69. The van der Waals surface area contributed by atoms with Gasteiger partial charge in [0, 0.05) is 0 Å². The number of aliphatic carboxylic acids is 2. The Morgan fingerprint density at radius 2 is 1.60 bits per heavy atom. The van der Waals surface area contributed by atoms with Gasteiger partial charge in [-0.2, -0.15) is 0 Å². The van der Waals surface area contributed by atoms with Crippen molar-refractivity contribution in [1.29, 1.82) is 0 Å². The number of carboxylic acid groups (broad SMARTS) is 2. The van der Waals surface area contributed by atoms with Gasteiger partial charge in [0.1, 0.15) is 12.1 Å². The molecule has 0 aromatic rings. The molecule has 0 saturated heterocycles. The zero-order valence-corrected chi connectivity index (χ0v) is 13.9. The van der Waals surface area contributed by atoms with Crippen molar-refractivity contribution in [2.24, 2.45) is 5.73 Å². The van der Waals surface area contributed by atoms with Crippen LogP contribution in [0.25, 0.3) is 0 Å². The quantitative estimate of drug-likeness (QED) is 0.226. The number of carbonyl (C=O) groups excluding carboxylic acids is 3. The molecule has 3 amide bonds. The molecule has 0 rings (SSSR count). The third kappa shape index (κ3) is 9.91. The van der Waals surface area contributed by atoms with E-state index in [4.69, 9.17) is 15.9 Å². The largest absolute Gasteiger partial charge is 0.481 e. The lowest BCUT2D eigenvalue weighted by Crippen LogP contribution is -2.52. The maximum Gasteiger partial charge on any atom is 0.326 e. The van der Waals surface area contributed by atoms with Gasteiger partial charge in [-0.3, -0.25) is 19.2 Å². The van der Waals surface area contributed by atoms with Crippen molar-refractivity contribution in [2.75, 3.05) is 13.1 Å². The number of hydrogen-bond acceptors (Lipinski definition) is 6. The maximum atomic E-state index is 11.9. The van der Waals surface area contributed by atoms with E-state index in [-0.39, 0.29) is 6.42 Å². The zero-order chi connectivity index (χ0) is 19.4. The van der Waals surface area contributed by atoms with Crippen molar-refractivity contribution in [3.8, 4) is 0 Å². The number of carboxylic acids is 2. The molecule has 0 radical (unpaired) electrons. The molecule has 0 aliphatic rings. The normalized spacial score (nSPS) is 12.6. The van der Waals surface area contributed by atoms with Crippen LogP contribution in [0.5, 0.6) is 0 Å². The van der Waals surface area contributed by atoms with Gasteiger partial charge in [0.05, 0.1) is 19.5 Å². The minimum absolute atomic E-state index is 0.250. The van der Waals surface area contributed by atoms with Crippen LogP contribution in [-0.4, -0.2) is 65.0 Å². The summed E-state index contributed by atoms with van der Waals surface area (Å²) in [5, 5.41) is 24.3. The van der Waals surface area contributed by atoms with Gasteiger partial charge in [-0.15, -0.1) is 0 Å². The third-order valence-corrected chi connectivity index (χ3v) is 3.12. The Kier molecular flexibility index (Phi) is 10.5. The summed E-state index contributed by atoms with van der Waals surface area (Å²) in [5.41, 5.74) is 5.09. The molecule has 0 heterocycles.